The van der Waals surface area contributed by atoms with Crippen molar-refractivity contribution in [3.8, 4) is 0 Å². The van der Waals surface area contributed by atoms with E-state index >= 15 is 0 Å². The van der Waals surface area contributed by atoms with Crippen LogP contribution in [0, 0.1) is 11.6 Å². The van der Waals surface area contributed by atoms with E-state index in [9.17, 15) is 22.0 Å². The van der Waals surface area contributed by atoms with Gasteiger partial charge in [-0.2, -0.15) is 0 Å². The Morgan fingerprint density at radius 1 is 1.33 bits per heavy atom. The number of halogens is 3. The predicted octanol–water partition coefficient (Wildman–Crippen LogP) is 2.75. The number of aromatic amines is 1. The Bertz CT molecular complexity index is 1150. The van der Waals surface area contributed by atoms with Crippen LogP contribution in [0.25, 0.3) is 11.0 Å². The Morgan fingerprint density at radius 3 is 2.78 bits per heavy atom. The van der Waals surface area contributed by atoms with E-state index in [0.717, 1.165) is 12.1 Å². The molecule has 11 heteroatoms. The lowest BCUT2D eigenvalue weighted by Crippen LogP contribution is -2.26. The molecule has 3 aromatic rings. The number of benzene rings is 1. The van der Waals surface area contributed by atoms with Gasteiger partial charge in [0.25, 0.3) is 0 Å². The third-order valence-corrected chi connectivity index (χ3v) is 5.29. The minimum Gasteiger partial charge on any atom is -0.345 e. The topological polar surface area (TPSA) is 104 Å². The lowest BCUT2D eigenvalue weighted by Gasteiger charge is -2.11. The Balaban J connectivity index is 2.09. The van der Waals surface area contributed by atoms with Gasteiger partial charge >= 0.3 is 0 Å². The summed E-state index contributed by atoms with van der Waals surface area (Å²) in [5.41, 5.74) is -1.00. The molecular weight excluding hydrogens is 446 g/mol. The van der Waals surface area contributed by atoms with Crippen LogP contribution >= 0.6 is 15.9 Å². The monoisotopic (exact) mass is 458 g/mol. The quantitative estimate of drug-likeness (QED) is 0.492. The average Bonchev–Trinajstić information content (AvgIpc) is 3.00. The zero-order valence-corrected chi connectivity index (χ0v) is 16.2. The zero-order chi connectivity index (χ0) is 19.8. The van der Waals surface area contributed by atoms with Crippen molar-refractivity contribution in [1.82, 2.24) is 15.3 Å². The van der Waals surface area contributed by atoms with Gasteiger partial charge in [0.2, 0.25) is 15.8 Å². The molecular formula is C16H13BrF2N4O3S. The van der Waals surface area contributed by atoms with Crippen LogP contribution in [0.5, 0.6) is 0 Å². The lowest BCUT2D eigenvalue weighted by molar-refractivity contribution is 0.103. The van der Waals surface area contributed by atoms with E-state index in [1.54, 1.807) is 6.07 Å². The molecule has 3 rings (SSSR count). The second-order valence-electron chi connectivity index (χ2n) is 5.58. The van der Waals surface area contributed by atoms with E-state index in [2.05, 4.69) is 31.2 Å². The molecule has 0 spiro atoms. The second-order valence-corrected chi connectivity index (χ2v) is 8.22. The predicted molar refractivity (Wildman–Crippen MR) is 100 cm³/mol. The van der Waals surface area contributed by atoms with Crippen LogP contribution in [0.2, 0.25) is 0 Å². The Kier molecular flexibility index (Phi) is 5.27. The second kappa shape index (κ2) is 7.33. The summed E-state index contributed by atoms with van der Waals surface area (Å²) in [6.07, 6.45) is 2.80. The number of carbonyl (C=O) groups excluding carboxylic acids is 1. The van der Waals surface area contributed by atoms with Gasteiger partial charge in [0, 0.05) is 27.8 Å². The van der Waals surface area contributed by atoms with Crippen LogP contribution in [-0.2, 0) is 10.0 Å². The normalized spacial score (nSPS) is 11.7. The molecule has 142 valence electrons. The van der Waals surface area contributed by atoms with Crippen molar-refractivity contribution in [2.75, 3.05) is 17.6 Å². The molecule has 27 heavy (non-hydrogen) atoms. The maximum Gasteiger partial charge on any atom is 0.245 e. The van der Waals surface area contributed by atoms with Gasteiger partial charge in [-0.05, 0) is 41.2 Å². The number of aromatic nitrogens is 2. The number of hydrogen-bond acceptors (Lipinski definition) is 5. The van der Waals surface area contributed by atoms with Crippen molar-refractivity contribution < 1.29 is 22.0 Å². The van der Waals surface area contributed by atoms with E-state index in [-0.39, 0.29) is 5.56 Å². The van der Waals surface area contributed by atoms with E-state index < -0.39 is 44.6 Å². The van der Waals surface area contributed by atoms with E-state index in [1.165, 1.54) is 19.4 Å². The molecule has 7 nitrogen and oxygen atoms in total. The first-order valence-electron chi connectivity index (χ1n) is 7.54. The van der Waals surface area contributed by atoms with Crippen molar-refractivity contribution in [3.05, 3.63) is 57.8 Å². The number of rotatable bonds is 6. The number of carbonyl (C=O) groups is 1. The molecule has 0 saturated heterocycles. The van der Waals surface area contributed by atoms with Gasteiger partial charge in [0.15, 0.2) is 5.82 Å². The average molecular weight is 459 g/mol. The molecule has 2 heterocycles. The third kappa shape index (κ3) is 3.84. The van der Waals surface area contributed by atoms with Gasteiger partial charge in [-0.25, -0.2) is 22.2 Å². The Morgan fingerprint density at radius 2 is 2.07 bits per heavy atom. The molecule has 0 saturated carbocycles. The number of ketones is 1. The first kappa shape index (κ1) is 19.4. The smallest absolute Gasteiger partial charge is 0.245 e. The summed E-state index contributed by atoms with van der Waals surface area (Å²) >= 11 is 3.23. The first-order valence-corrected chi connectivity index (χ1v) is 9.98. The number of pyridine rings is 1. The molecule has 0 unspecified atom stereocenters. The lowest BCUT2D eigenvalue weighted by atomic mass is 10.0. The van der Waals surface area contributed by atoms with Crippen LogP contribution in [0.15, 0.2) is 35.1 Å². The Labute approximate surface area is 161 Å². The van der Waals surface area contributed by atoms with Crippen LogP contribution in [0.3, 0.4) is 0 Å². The number of fused-ring (bicyclic) bond motifs is 1. The highest BCUT2D eigenvalue weighted by molar-refractivity contribution is 9.10. The van der Waals surface area contributed by atoms with Crippen molar-refractivity contribution >= 4 is 48.5 Å². The minimum atomic E-state index is -3.91. The zero-order valence-electron chi connectivity index (χ0n) is 13.8. The van der Waals surface area contributed by atoms with Crippen molar-refractivity contribution in [1.29, 1.82) is 0 Å². The molecule has 0 fully saturated rings. The molecule has 0 aliphatic rings. The molecule has 0 aliphatic heterocycles. The number of nitrogens with one attached hydrogen (secondary N) is 3. The SMILES string of the molecule is CNCS(=O)(=O)Nc1ccc(F)c(C(=O)c2c[nH]c3ncc(Br)cc23)c1F. The van der Waals surface area contributed by atoms with Gasteiger partial charge in [-0.1, -0.05) is 0 Å². The summed E-state index contributed by atoms with van der Waals surface area (Å²) in [6.45, 7) is 0. The summed E-state index contributed by atoms with van der Waals surface area (Å²) in [4.78, 5) is 19.6. The standard InChI is InChI=1S/C16H13BrF2N4O3S/c1-20-7-27(25,26)23-12-3-2-11(18)13(14(12)19)15(24)10-6-22-16-9(10)4-8(17)5-21-16/h2-6,20,23H,7H2,1H3,(H,21,22). The molecule has 1 aromatic carbocycles. The summed E-state index contributed by atoms with van der Waals surface area (Å²) in [6, 6.07) is 3.33. The molecule has 0 atom stereocenters. The highest BCUT2D eigenvalue weighted by atomic mass is 79.9. The van der Waals surface area contributed by atoms with Gasteiger partial charge in [0.05, 0.1) is 11.3 Å². The van der Waals surface area contributed by atoms with Crippen LogP contribution < -0.4 is 10.0 Å². The highest BCUT2D eigenvalue weighted by Crippen LogP contribution is 2.28. The molecule has 0 aliphatic carbocycles. The molecule has 0 amide bonds. The maximum atomic E-state index is 14.8. The van der Waals surface area contributed by atoms with Gasteiger partial charge in [-0.15, -0.1) is 0 Å². The maximum absolute atomic E-state index is 14.8. The summed E-state index contributed by atoms with van der Waals surface area (Å²) in [7, 11) is -2.51. The molecule has 0 radical (unpaired) electrons. The van der Waals surface area contributed by atoms with Crippen molar-refractivity contribution in [2.24, 2.45) is 0 Å². The van der Waals surface area contributed by atoms with E-state index in [1.807, 2.05) is 4.72 Å². The fourth-order valence-electron chi connectivity index (χ4n) is 2.53. The number of H-pyrrole nitrogens is 1. The molecule has 2 aromatic heterocycles. The van der Waals surface area contributed by atoms with Crippen molar-refractivity contribution in [3.63, 3.8) is 0 Å². The fraction of sp³-hybridized carbons (Fsp3) is 0.125. The number of sulfonamides is 1. The van der Waals surface area contributed by atoms with Crippen LogP contribution in [-0.4, -0.2) is 37.1 Å². The third-order valence-electron chi connectivity index (χ3n) is 3.66. The number of anilines is 1. The highest BCUT2D eigenvalue weighted by Gasteiger charge is 2.25. The van der Waals surface area contributed by atoms with Crippen LogP contribution in [0.4, 0.5) is 14.5 Å². The van der Waals surface area contributed by atoms with E-state index in [4.69, 9.17) is 0 Å². The van der Waals surface area contributed by atoms with Gasteiger partial charge < -0.3 is 10.3 Å². The molecule has 0 bridgehead atoms. The molecule has 3 N–H and O–H groups in total. The largest absolute Gasteiger partial charge is 0.345 e. The number of nitrogens with zero attached hydrogens (tertiary/aromatic N) is 1. The fourth-order valence-corrected chi connectivity index (χ4v) is 3.81. The van der Waals surface area contributed by atoms with E-state index in [0.29, 0.717) is 15.5 Å². The number of hydrogen-bond donors (Lipinski definition) is 3. The summed E-state index contributed by atoms with van der Waals surface area (Å²) in [5.74, 6) is -3.82. The van der Waals surface area contributed by atoms with Gasteiger partial charge in [-0.3, -0.25) is 9.52 Å². The van der Waals surface area contributed by atoms with Crippen LogP contribution in [0.1, 0.15) is 15.9 Å². The summed E-state index contributed by atoms with van der Waals surface area (Å²) < 4.78 is 55.2. The minimum absolute atomic E-state index is 0.00633. The van der Waals surface area contributed by atoms with Crippen molar-refractivity contribution in [2.45, 2.75) is 0 Å². The first-order chi connectivity index (χ1) is 12.7. The van der Waals surface area contributed by atoms with Gasteiger partial charge in [0.1, 0.15) is 17.3 Å². The Hall–Kier alpha value is -2.37. The summed E-state index contributed by atoms with van der Waals surface area (Å²) in [5, 5.41) is 2.78.